The third kappa shape index (κ3) is 7.05. The Labute approximate surface area is 222 Å². The lowest BCUT2D eigenvalue weighted by Gasteiger charge is -2.35. The number of esters is 1. The molecule has 7 atom stereocenters. The fourth-order valence-corrected chi connectivity index (χ4v) is 5.57. The van der Waals surface area contributed by atoms with E-state index >= 15 is 4.39 Å². The van der Waals surface area contributed by atoms with Gasteiger partial charge in [-0.1, -0.05) is 27.2 Å². The van der Waals surface area contributed by atoms with Gasteiger partial charge in [0.15, 0.2) is 6.10 Å². The number of halogens is 1. The summed E-state index contributed by atoms with van der Waals surface area (Å²) >= 11 is 1.38. The topological polar surface area (TPSA) is 109 Å². The number of epoxide rings is 1. The van der Waals surface area contributed by atoms with Crippen molar-refractivity contribution in [1.29, 1.82) is 0 Å². The second-order valence-corrected chi connectivity index (χ2v) is 12.2. The van der Waals surface area contributed by atoms with Crippen LogP contribution in [0.25, 0.3) is 6.08 Å². The maximum Gasteiger partial charge on any atom is 0.309 e. The summed E-state index contributed by atoms with van der Waals surface area (Å²) in [6.45, 7) is 8.65. The number of aliphatic hydroxyl groups is 2. The van der Waals surface area contributed by atoms with E-state index in [2.05, 4.69) is 10.9 Å². The molecule has 2 aliphatic rings. The zero-order valence-corrected chi connectivity index (χ0v) is 23.0. The predicted molar refractivity (Wildman–Crippen MR) is 139 cm³/mol. The largest absolute Gasteiger partial charge is 0.455 e. The molecule has 0 saturated carbocycles. The summed E-state index contributed by atoms with van der Waals surface area (Å²) < 4.78 is 26.7. The van der Waals surface area contributed by atoms with Crippen molar-refractivity contribution in [3.63, 3.8) is 0 Å². The van der Waals surface area contributed by atoms with Gasteiger partial charge < -0.3 is 19.7 Å². The third-order valence-corrected chi connectivity index (χ3v) is 8.59. The SMILES string of the molecule is C#CCC1C(=O)C(C)(C)C(O)CC(=O)OC(/C(F)=C/c2csc(C)n2)CC2OC2(C)CCCC(C)C1O. The van der Waals surface area contributed by atoms with Gasteiger partial charge in [0.2, 0.25) is 0 Å². The number of ketones is 1. The minimum Gasteiger partial charge on any atom is -0.455 e. The molecule has 0 spiro atoms. The van der Waals surface area contributed by atoms with Crippen molar-refractivity contribution in [2.24, 2.45) is 17.3 Å². The van der Waals surface area contributed by atoms with Crippen LogP contribution in [-0.2, 0) is 19.1 Å². The Bertz CT molecular complexity index is 1060. The van der Waals surface area contributed by atoms with Crippen LogP contribution in [0.1, 0.15) is 76.9 Å². The van der Waals surface area contributed by atoms with Crippen molar-refractivity contribution in [3.8, 4) is 12.3 Å². The van der Waals surface area contributed by atoms with Crippen LogP contribution in [0.3, 0.4) is 0 Å². The molecule has 9 heteroatoms. The summed E-state index contributed by atoms with van der Waals surface area (Å²) in [6, 6.07) is 0. The summed E-state index contributed by atoms with van der Waals surface area (Å²) in [7, 11) is 0. The van der Waals surface area contributed by atoms with Gasteiger partial charge in [0, 0.05) is 18.2 Å². The highest BCUT2D eigenvalue weighted by molar-refractivity contribution is 7.09. The first-order valence-electron chi connectivity index (χ1n) is 12.8. The number of hydrogen-bond donors (Lipinski definition) is 2. The maximum absolute atomic E-state index is 15.3. The molecule has 2 saturated heterocycles. The van der Waals surface area contributed by atoms with Crippen LogP contribution < -0.4 is 0 Å². The molecule has 0 radical (unpaired) electrons. The van der Waals surface area contributed by atoms with Crippen molar-refractivity contribution in [2.75, 3.05) is 0 Å². The van der Waals surface area contributed by atoms with Gasteiger partial charge in [-0.15, -0.1) is 23.7 Å². The number of aromatic nitrogens is 1. The highest BCUT2D eigenvalue weighted by atomic mass is 32.1. The minimum atomic E-state index is -1.42. The van der Waals surface area contributed by atoms with Gasteiger partial charge >= 0.3 is 5.97 Å². The van der Waals surface area contributed by atoms with Crippen LogP contribution in [0.15, 0.2) is 11.2 Å². The van der Waals surface area contributed by atoms with Crippen molar-refractivity contribution in [3.05, 3.63) is 21.9 Å². The van der Waals surface area contributed by atoms with Crippen LogP contribution in [0.5, 0.6) is 0 Å². The molecule has 0 aromatic carbocycles. The molecule has 7 nitrogen and oxygen atoms in total. The molecular formula is C28H38FNO6S. The van der Waals surface area contributed by atoms with Crippen LogP contribution in [0.4, 0.5) is 4.39 Å². The Morgan fingerprint density at radius 3 is 2.68 bits per heavy atom. The molecule has 2 N–H and O–H groups in total. The molecule has 204 valence electrons. The first kappa shape index (κ1) is 29.4. The molecule has 0 aliphatic carbocycles. The van der Waals surface area contributed by atoms with Crippen molar-refractivity contribution in [2.45, 2.75) is 103 Å². The van der Waals surface area contributed by atoms with E-state index < -0.39 is 59.2 Å². The Morgan fingerprint density at radius 1 is 1.35 bits per heavy atom. The fraction of sp³-hybridized carbons (Fsp3) is 0.679. The van der Waals surface area contributed by atoms with E-state index in [-0.39, 0.29) is 24.9 Å². The molecule has 1 aromatic heterocycles. The van der Waals surface area contributed by atoms with Crippen LogP contribution in [0, 0.1) is 36.5 Å². The quantitative estimate of drug-likeness (QED) is 0.336. The number of carbonyl (C=O) groups excluding carboxylic acids is 2. The van der Waals surface area contributed by atoms with E-state index in [9.17, 15) is 19.8 Å². The van der Waals surface area contributed by atoms with E-state index in [1.54, 1.807) is 5.38 Å². The summed E-state index contributed by atoms with van der Waals surface area (Å²) in [5.41, 5.74) is -1.46. The van der Waals surface area contributed by atoms with Gasteiger partial charge in [0.05, 0.1) is 52.4 Å². The third-order valence-electron chi connectivity index (χ3n) is 7.80. The molecule has 0 bridgehead atoms. The molecule has 37 heavy (non-hydrogen) atoms. The number of thiazole rings is 1. The highest BCUT2D eigenvalue weighted by Gasteiger charge is 2.53. The number of terminal acetylenes is 1. The van der Waals surface area contributed by atoms with Gasteiger partial charge in [-0.25, -0.2) is 9.37 Å². The number of nitrogens with zero attached hydrogens (tertiary/aromatic N) is 1. The number of carbonyl (C=O) groups is 2. The van der Waals surface area contributed by atoms with E-state index in [1.807, 2.05) is 20.8 Å². The Hall–Kier alpha value is -2.12. The molecule has 3 rings (SSSR count). The maximum atomic E-state index is 15.3. The second kappa shape index (κ2) is 11.7. The molecule has 1 aromatic rings. The summed E-state index contributed by atoms with van der Waals surface area (Å²) in [5.74, 6) is -0.557. The Balaban J connectivity index is 1.89. The molecule has 2 aliphatic heterocycles. The first-order valence-corrected chi connectivity index (χ1v) is 13.7. The number of aryl methyl sites for hydroxylation is 1. The molecule has 0 amide bonds. The fourth-order valence-electron chi connectivity index (χ4n) is 5.00. The molecule has 3 heterocycles. The van der Waals surface area contributed by atoms with Crippen molar-refractivity contribution in [1.82, 2.24) is 4.98 Å². The average molecular weight is 536 g/mol. The van der Waals surface area contributed by atoms with Gasteiger partial charge in [0.1, 0.15) is 11.6 Å². The van der Waals surface area contributed by atoms with Gasteiger partial charge in [-0.05, 0) is 38.7 Å². The number of aliphatic hydroxyl groups excluding tert-OH is 2. The van der Waals surface area contributed by atoms with Crippen LogP contribution in [-0.4, -0.2) is 57.0 Å². The normalized spacial score (nSPS) is 35.8. The zero-order valence-electron chi connectivity index (χ0n) is 22.2. The lowest BCUT2D eigenvalue weighted by Crippen LogP contribution is -2.46. The molecule has 7 unspecified atom stereocenters. The van der Waals surface area contributed by atoms with Crippen LogP contribution in [0.2, 0.25) is 0 Å². The van der Waals surface area contributed by atoms with E-state index in [0.29, 0.717) is 18.5 Å². The van der Waals surface area contributed by atoms with E-state index in [4.69, 9.17) is 15.9 Å². The monoisotopic (exact) mass is 535 g/mol. The van der Waals surface area contributed by atoms with Gasteiger partial charge in [-0.3, -0.25) is 9.59 Å². The lowest BCUT2D eigenvalue weighted by molar-refractivity contribution is -0.155. The Kier molecular flexibility index (Phi) is 9.33. The number of cyclic esters (lactones) is 1. The zero-order chi connectivity index (χ0) is 27.5. The number of rotatable bonds is 3. The molecular weight excluding hydrogens is 497 g/mol. The summed E-state index contributed by atoms with van der Waals surface area (Å²) in [6.07, 6.45) is 4.46. The van der Waals surface area contributed by atoms with Crippen molar-refractivity contribution < 1.29 is 33.7 Å². The van der Waals surface area contributed by atoms with E-state index in [1.165, 1.54) is 31.3 Å². The minimum absolute atomic E-state index is 0.0159. The standard InChI is InChI=1S/C28H38FNO6S/c1-7-9-19-25(33)16(2)10-8-11-28(6)23(36-28)13-21(20(29)12-18-15-37-17(3)30-18)35-24(32)14-22(31)27(4,5)26(19)34/h1,12,15-16,19,21-23,25,31,33H,8-11,13-14H2,2-6H3/b20-12-. The van der Waals surface area contributed by atoms with E-state index in [0.717, 1.165) is 11.4 Å². The highest BCUT2D eigenvalue weighted by Crippen LogP contribution is 2.45. The number of ether oxygens (including phenoxy) is 2. The first-order chi connectivity index (χ1) is 17.3. The van der Waals surface area contributed by atoms with Gasteiger partial charge in [0.25, 0.3) is 0 Å². The average Bonchev–Trinajstić information content (AvgIpc) is 3.27. The second-order valence-electron chi connectivity index (χ2n) is 11.1. The number of Topliss-reactive ketones (excluding diaryl/α,β-unsaturated/α-hetero) is 1. The van der Waals surface area contributed by atoms with Crippen LogP contribution >= 0.6 is 11.3 Å². The lowest BCUT2D eigenvalue weighted by atomic mass is 9.71. The smallest absolute Gasteiger partial charge is 0.309 e. The summed E-state index contributed by atoms with van der Waals surface area (Å²) in [5, 5.41) is 24.4. The van der Waals surface area contributed by atoms with Gasteiger partial charge in [-0.2, -0.15) is 0 Å². The molecule has 2 fully saturated rings. The summed E-state index contributed by atoms with van der Waals surface area (Å²) in [4.78, 5) is 30.5. The number of hydrogen-bond acceptors (Lipinski definition) is 8. The Morgan fingerprint density at radius 2 is 2.05 bits per heavy atom. The number of fused-ring (bicyclic) bond motifs is 1. The predicted octanol–water partition coefficient (Wildman–Crippen LogP) is 4.39. The van der Waals surface area contributed by atoms with Crippen molar-refractivity contribution >= 4 is 29.2 Å².